The van der Waals surface area contributed by atoms with Crippen molar-refractivity contribution in [3.63, 3.8) is 0 Å². The second kappa shape index (κ2) is 5.74. The number of aliphatic hydroxyl groups excluding tert-OH is 1. The van der Waals surface area contributed by atoms with Crippen LogP contribution in [0.15, 0.2) is 16.6 Å². The maximum atomic E-state index is 13.3. The molecule has 0 aliphatic heterocycles. The molecule has 0 unspecified atom stereocenters. The summed E-state index contributed by atoms with van der Waals surface area (Å²) in [5.41, 5.74) is -0.717. The maximum Gasteiger partial charge on any atom is 0.232 e. The molecule has 1 aromatic rings. The van der Waals surface area contributed by atoms with Crippen LogP contribution in [0.5, 0.6) is 0 Å². The molecule has 17 heavy (non-hydrogen) atoms. The Hall–Kier alpha value is -0.730. The highest BCUT2D eigenvalue weighted by atomic mass is 79.9. The number of aliphatic hydroxyl groups is 1. The molecule has 0 atom stereocenters. The molecule has 0 saturated carbocycles. The van der Waals surface area contributed by atoms with Crippen LogP contribution < -0.4 is 4.72 Å². The molecule has 0 amide bonds. The van der Waals surface area contributed by atoms with Gasteiger partial charge in [-0.3, -0.25) is 4.72 Å². The average molecular weight is 330 g/mol. The van der Waals surface area contributed by atoms with E-state index >= 15 is 0 Å². The third-order valence-electron chi connectivity index (χ3n) is 1.84. The van der Waals surface area contributed by atoms with Gasteiger partial charge in [-0.15, -0.1) is 0 Å². The number of hydrogen-bond donors (Lipinski definition) is 2. The fraction of sp³-hybridized carbons (Fsp3) is 0.333. The van der Waals surface area contributed by atoms with Gasteiger partial charge >= 0.3 is 0 Å². The number of anilines is 1. The Morgan fingerprint density at radius 1 is 1.29 bits per heavy atom. The third-order valence-corrected chi connectivity index (χ3v) is 3.63. The number of benzene rings is 1. The summed E-state index contributed by atoms with van der Waals surface area (Å²) in [6.07, 6.45) is -0.00486. The molecule has 0 saturated heterocycles. The second-order valence-corrected chi connectivity index (χ2v) is 6.00. The second-order valence-electron chi connectivity index (χ2n) is 3.24. The molecule has 8 heteroatoms. The van der Waals surface area contributed by atoms with Crippen LogP contribution in [0.3, 0.4) is 0 Å². The lowest BCUT2D eigenvalue weighted by Gasteiger charge is -2.09. The molecule has 0 bridgehead atoms. The first kappa shape index (κ1) is 14.3. The van der Waals surface area contributed by atoms with Crippen molar-refractivity contribution in [1.29, 1.82) is 0 Å². The summed E-state index contributed by atoms with van der Waals surface area (Å²) >= 11 is 2.88. The van der Waals surface area contributed by atoms with Crippen LogP contribution in [0, 0.1) is 11.6 Å². The molecular weight excluding hydrogens is 320 g/mol. The van der Waals surface area contributed by atoms with Crippen molar-refractivity contribution in [2.24, 2.45) is 0 Å². The van der Waals surface area contributed by atoms with Gasteiger partial charge in [0, 0.05) is 11.1 Å². The summed E-state index contributed by atoms with van der Waals surface area (Å²) in [6, 6.07) is 1.90. The zero-order valence-electron chi connectivity index (χ0n) is 8.58. The Balaban J connectivity index is 2.96. The minimum atomic E-state index is -3.86. The first-order valence-electron chi connectivity index (χ1n) is 4.61. The maximum absolute atomic E-state index is 13.3. The van der Waals surface area contributed by atoms with Crippen LogP contribution in [0.25, 0.3) is 0 Å². The number of nitrogens with one attached hydrogen (secondary N) is 1. The van der Waals surface area contributed by atoms with Gasteiger partial charge in [0.05, 0.1) is 5.75 Å². The molecule has 0 fully saturated rings. The van der Waals surface area contributed by atoms with E-state index in [0.717, 1.165) is 12.1 Å². The number of rotatable bonds is 5. The Kier molecular flexibility index (Phi) is 4.84. The van der Waals surface area contributed by atoms with E-state index in [2.05, 4.69) is 15.9 Å². The van der Waals surface area contributed by atoms with Gasteiger partial charge in [-0.2, -0.15) is 0 Å². The molecule has 0 aromatic heterocycles. The standard InChI is InChI=1S/C9H10BrF2NO3S/c10-6-4-7(11)9(8(12)5-6)13-17(15,16)3-1-2-14/h4-5,13-14H,1-3H2. The molecule has 0 aliphatic carbocycles. The van der Waals surface area contributed by atoms with Gasteiger partial charge in [-0.05, 0) is 18.6 Å². The van der Waals surface area contributed by atoms with E-state index < -0.39 is 33.1 Å². The van der Waals surface area contributed by atoms with Gasteiger partial charge in [0.2, 0.25) is 10.0 Å². The van der Waals surface area contributed by atoms with Gasteiger partial charge < -0.3 is 5.11 Å². The van der Waals surface area contributed by atoms with Crippen molar-refractivity contribution in [2.75, 3.05) is 17.1 Å². The van der Waals surface area contributed by atoms with Crippen LogP contribution >= 0.6 is 15.9 Å². The van der Waals surface area contributed by atoms with Crippen LogP contribution in [-0.2, 0) is 10.0 Å². The average Bonchev–Trinajstić information content (AvgIpc) is 2.21. The summed E-state index contributed by atoms with van der Waals surface area (Å²) in [7, 11) is -3.86. The summed E-state index contributed by atoms with van der Waals surface area (Å²) in [5.74, 6) is -2.42. The molecule has 0 spiro atoms. The van der Waals surface area contributed by atoms with Gasteiger partial charge in [-0.1, -0.05) is 15.9 Å². The van der Waals surface area contributed by atoms with E-state index in [-0.39, 0.29) is 17.5 Å². The molecule has 0 heterocycles. The zero-order chi connectivity index (χ0) is 13.1. The summed E-state index contributed by atoms with van der Waals surface area (Å²) in [4.78, 5) is 0. The van der Waals surface area contributed by atoms with Crippen molar-refractivity contribution in [3.05, 3.63) is 28.2 Å². The number of sulfonamides is 1. The van der Waals surface area contributed by atoms with E-state index in [1.807, 2.05) is 4.72 Å². The van der Waals surface area contributed by atoms with Crippen molar-refractivity contribution in [1.82, 2.24) is 0 Å². The molecule has 0 radical (unpaired) electrons. The lowest BCUT2D eigenvalue weighted by Crippen LogP contribution is -2.19. The van der Waals surface area contributed by atoms with E-state index in [0.29, 0.717) is 0 Å². The van der Waals surface area contributed by atoms with Crippen molar-refractivity contribution >= 4 is 31.6 Å². The van der Waals surface area contributed by atoms with E-state index in [9.17, 15) is 17.2 Å². The molecule has 0 aliphatic rings. The molecule has 2 N–H and O–H groups in total. The summed E-state index contributed by atoms with van der Waals surface area (Å²) in [5, 5.41) is 8.49. The van der Waals surface area contributed by atoms with Crippen LogP contribution in [-0.4, -0.2) is 25.9 Å². The molecule has 96 valence electrons. The molecule has 4 nitrogen and oxygen atoms in total. The minimum Gasteiger partial charge on any atom is -0.396 e. The lowest BCUT2D eigenvalue weighted by atomic mass is 10.3. The smallest absolute Gasteiger partial charge is 0.232 e. The predicted molar refractivity (Wildman–Crippen MR) is 63.2 cm³/mol. The number of hydrogen-bond acceptors (Lipinski definition) is 3. The van der Waals surface area contributed by atoms with E-state index in [4.69, 9.17) is 5.11 Å². The first-order valence-corrected chi connectivity index (χ1v) is 7.06. The SMILES string of the molecule is O=S(=O)(CCCO)Nc1c(F)cc(Br)cc1F. The quantitative estimate of drug-likeness (QED) is 0.866. The Labute approximate surface area is 106 Å². The fourth-order valence-corrected chi connectivity index (χ4v) is 2.62. The van der Waals surface area contributed by atoms with Crippen LogP contribution in [0.4, 0.5) is 14.5 Å². The molecular formula is C9H10BrF2NO3S. The predicted octanol–water partition coefficient (Wildman–Crippen LogP) is 1.85. The van der Waals surface area contributed by atoms with E-state index in [1.54, 1.807) is 0 Å². The lowest BCUT2D eigenvalue weighted by molar-refractivity contribution is 0.295. The minimum absolute atomic E-state index is 0.00486. The van der Waals surface area contributed by atoms with Gasteiger partial charge in [0.1, 0.15) is 5.69 Å². The normalized spacial score (nSPS) is 11.5. The largest absolute Gasteiger partial charge is 0.396 e. The molecule has 1 aromatic carbocycles. The fourth-order valence-electron chi connectivity index (χ4n) is 1.10. The number of halogens is 3. The Bertz CT molecular complexity index is 484. The van der Waals surface area contributed by atoms with Crippen molar-refractivity contribution in [3.8, 4) is 0 Å². The van der Waals surface area contributed by atoms with Crippen LogP contribution in [0.2, 0.25) is 0 Å². The highest BCUT2D eigenvalue weighted by Crippen LogP contribution is 2.24. The van der Waals surface area contributed by atoms with E-state index in [1.165, 1.54) is 0 Å². The highest BCUT2D eigenvalue weighted by Gasteiger charge is 2.17. The van der Waals surface area contributed by atoms with Crippen molar-refractivity contribution < 1.29 is 22.3 Å². The van der Waals surface area contributed by atoms with Crippen LogP contribution in [0.1, 0.15) is 6.42 Å². The van der Waals surface area contributed by atoms with Crippen molar-refractivity contribution in [2.45, 2.75) is 6.42 Å². The first-order chi connectivity index (χ1) is 7.85. The third kappa shape index (κ3) is 4.21. The Morgan fingerprint density at radius 3 is 2.29 bits per heavy atom. The monoisotopic (exact) mass is 329 g/mol. The van der Waals surface area contributed by atoms with Gasteiger partial charge in [0.25, 0.3) is 0 Å². The van der Waals surface area contributed by atoms with Gasteiger partial charge in [0.15, 0.2) is 11.6 Å². The highest BCUT2D eigenvalue weighted by molar-refractivity contribution is 9.10. The topological polar surface area (TPSA) is 66.4 Å². The van der Waals surface area contributed by atoms with Gasteiger partial charge in [-0.25, -0.2) is 17.2 Å². The molecule has 1 rings (SSSR count). The summed E-state index contributed by atoms with van der Waals surface area (Å²) in [6.45, 7) is -0.313. The summed E-state index contributed by atoms with van der Waals surface area (Å²) < 4.78 is 51.4. The Morgan fingerprint density at radius 2 is 1.82 bits per heavy atom. The zero-order valence-corrected chi connectivity index (χ0v) is 11.0.